The van der Waals surface area contributed by atoms with Gasteiger partial charge in [0.2, 0.25) is 0 Å². The molecule has 1 saturated carbocycles. The topological polar surface area (TPSA) is 38.7 Å². The molecule has 0 radical (unpaired) electrons. The van der Waals surface area contributed by atoms with E-state index in [2.05, 4.69) is 17.1 Å². The Hall–Kier alpha value is -1.17. The fourth-order valence-electron chi connectivity index (χ4n) is 4.40. The van der Waals surface area contributed by atoms with Crippen LogP contribution in [0.5, 0.6) is 0 Å². The monoisotopic (exact) mass is 347 g/mol. The number of halogens is 1. The third-order valence-corrected chi connectivity index (χ3v) is 6.05. The van der Waals surface area contributed by atoms with E-state index in [4.69, 9.17) is 0 Å². The van der Waals surface area contributed by atoms with Gasteiger partial charge in [0, 0.05) is 44.3 Å². The van der Waals surface area contributed by atoms with Crippen LogP contribution in [0.1, 0.15) is 44.6 Å². The molecule has 0 bridgehead atoms. The van der Waals surface area contributed by atoms with Crippen LogP contribution in [0.15, 0.2) is 18.2 Å². The van der Waals surface area contributed by atoms with Crippen LogP contribution in [-0.2, 0) is 6.54 Å². The molecular weight excluding hydrogens is 317 g/mol. The van der Waals surface area contributed by atoms with Crippen LogP contribution in [-0.4, -0.2) is 53.9 Å². The number of hydrogen-bond acceptors (Lipinski definition) is 4. The van der Waals surface area contributed by atoms with Crippen molar-refractivity contribution in [3.8, 4) is 0 Å². The summed E-state index contributed by atoms with van der Waals surface area (Å²) in [5.41, 5.74) is 1.68. The van der Waals surface area contributed by atoms with Crippen LogP contribution in [0.3, 0.4) is 0 Å². The maximum Gasteiger partial charge on any atom is 0.146 e. The van der Waals surface area contributed by atoms with Gasteiger partial charge in [-0.3, -0.25) is 4.90 Å². The van der Waals surface area contributed by atoms with Gasteiger partial charge in [0.1, 0.15) is 5.82 Å². The molecule has 4 rings (SSSR count). The number of hydrogen-bond donors (Lipinski definition) is 2. The summed E-state index contributed by atoms with van der Waals surface area (Å²) in [6, 6.07) is 7.61. The molecule has 2 atom stereocenters. The number of aliphatic hydroxyl groups is 1. The van der Waals surface area contributed by atoms with Crippen molar-refractivity contribution in [1.29, 1.82) is 0 Å². The van der Waals surface area contributed by atoms with Gasteiger partial charge in [-0.05, 0) is 56.7 Å². The van der Waals surface area contributed by atoms with E-state index >= 15 is 0 Å². The molecule has 3 fully saturated rings. The van der Waals surface area contributed by atoms with Gasteiger partial charge >= 0.3 is 0 Å². The third kappa shape index (κ3) is 3.99. The lowest BCUT2D eigenvalue weighted by atomic mass is 10.1. The van der Waals surface area contributed by atoms with E-state index in [1.54, 1.807) is 6.07 Å². The molecule has 1 aromatic carbocycles. The summed E-state index contributed by atoms with van der Waals surface area (Å²) in [6.07, 6.45) is 5.12. The normalized spacial score (nSPS) is 28.7. The predicted octanol–water partition coefficient (Wildman–Crippen LogP) is 2.50. The molecule has 2 aliphatic heterocycles. The van der Waals surface area contributed by atoms with E-state index in [1.165, 1.54) is 19.3 Å². The Bertz CT molecular complexity index is 599. The minimum atomic E-state index is -0.230. The Balaban J connectivity index is 1.32. The molecule has 3 aliphatic rings. The first-order valence-corrected chi connectivity index (χ1v) is 9.80. The summed E-state index contributed by atoms with van der Waals surface area (Å²) in [7, 11) is 0. The summed E-state index contributed by atoms with van der Waals surface area (Å²) in [4.78, 5) is 4.68. The molecule has 2 unspecified atom stereocenters. The van der Waals surface area contributed by atoms with Gasteiger partial charge in [-0.2, -0.15) is 0 Å². The number of aliphatic hydroxyl groups excluding tert-OH is 1. The predicted molar refractivity (Wildman–Crippen MR) is 98.3 cm³/mol. The van der Waals surface area contributed by atoms with Crippen molar-refractivity contribution in [1.82, 2.24) is 10.2 Å². The molecule has 2 saturated heterocycles. The van der Waals surface area contributed by atoms with Gasteiger partial charge < -0.3 is 15.3 Å². The molecule has 0 amide bonds. The summed E-state index contributed by atoms with van der Waals surface area (Å²) < 4.78 is 14.5. The summed E-state index contributed by atoms with van der Waals surface area (Å²) in [6.45, 7) is 5.64. The van der Waals surface area contributed by atoms with E-state index in [9.17, 15) is 9.50 Å². The molecule has 1 aromatic rings. The van der Waals surface area contributed by atoms with E-state index in [-0.39, 0.29) is 11.9 Å². The molecule has 4 nitrogen and oxygen atoms in total. The van der Waals surface area contributed by atoms with Crippen molar-refractivity contribution < 1.29 is 9.50 Å². The van der Waals surface area contributed by atoms with E-state index in [1.807, 2.05) is 17.0 Å². The van der Waals surface area contributed by atoms with Crippen molar-refractivity contribution in [2.75, 3.05) is 24.5 Å². The van der Waals surface area contributed by atoms with Crippen LogP contribution in [0.25, 0.3) is 0 Å². The highest BCUT2D eigenvalue weighted by Gasteiger charge is 2.38. The molecule has 1 aliphatic carbocycles. The zero-order valence-corrected chi connectivity index (χ0v) is 15.1. The Morgan fingerprint density at radius 2 is 1.96 bits per heavy atom. The molecule has 0 aromatic heterocycles. The summed E-state index contributed by atoms with van der Waals surface area (Å²) in [5, 5.41) is 13.2. The van der Waals surface area contributed by atoms with Crippen LogP contribution in [0.4, 0.5) is 10.1 Å². The lowest BCUT2D eigenvalue weighted by Crippen LogP contribution is -2.36. The van der Waals surface area contributed by atoms with E-state index in [0.717, 1.165) is 50.6 Å². The number of likely N-dealkylation sites (tertiary alicyclic amines) is 1. The highest BCUT2D eigenvalue weighted by atomic mass is 19.1. The minimum Gasteiger partial charge on any atom is -0.393 e. The molecule has 0 spiro atoms. The first-order chi connectivity index (χ1) is 12.1. The average Bonchev–Trinajstić information content (AvgIpc) is 3.37. The smallest absolute Gasteiger partial charge is 0.146 e. The van der Waals surface area contributed by atoms with Gasteiger partial charge in [-0.1, -0.05) is 6.07 Å². The first kappa shape index (κ1) is 17.3. The highest BCUT2D eigenvalue weighted by molar-refractivity contribution is 5.49. The van der Waals surface area contributed by atoms with Crippen LogP contribution < -0.4 is 10.2 Å². The number of benzene rings is 1. The van der Waals surface area contributed by atoms with Crippen LogP contribution in [0.2, 0.25) is 0 Å². The standard InChI is InChI=1S/C20H30FN3O/c1-14-10-16(13-24(14)17-3-4-17)22-12-15-2-5-20(19(21)11-15)23-8-6-18(25)7-9-23/h2,5,11,14,16-18,22,25H,3-4,6-10,12-13H2,1H3. The van der Waals surface area contributed by atoms with E-state index in [0.29, 0.717) is 17.8 Å². The second-order valence-corrected chi connectivity index (χ2v) is 8.09. The highest BCUT2D eigenvalue weighted by Crippen LogP contribution is 2.33. The van der Waals surface area contributed by atoms with Crippen molar-refractivity contribution in [3.05, 3.63) is 29.6 Å². The van der Waals surface area contributed by atoms with Crippen molar-refractivity contribution in [3.63, 3.8) is 0 Å². The van der Waals surface area contributed by atoms with Gasteiger partial charge in [0.15, 0.2) is 0 Å². The van der Waals surface area contributed by atoms with Crippen molar-refractivity contribution in [2.24, 2.45) is 0 Å². The quantitative estimate of drug-likeness (QED) is 0.858. The summed E-state index contributed by atoms with van der Waals surface area (Å²) >= 11 is 0. The van der Waals surface area contributed by atoms with Gasteiger partial charge in [-0.25, -0.2) is 4.39 Å². The third-order valence-electron chi connectivity index (χ3n) is 6.05. The number of rotatable bonds is 5. The fourth-order valence-corrected chi connectivity index (χ4v) is 4.40. The van der Waals surface area contributed by atoms with E-state index < -0.39 is 0 Å². The molecule has 2 N–H and O–H groups in total. The average molecular weight is 347 g/mol. The van der Waals surface area contributed by atoms with Crippen LogP contribution in [0, 0.1) is 5.82 Å². The second kappa shape index (κ2) is 7.22. The molecular formula is C20H30FN3O. The zero-order valence-electron chi connectivity index (χ0n) is 15.1. The molecule has 5 heteroatoms. The molecule has 25 heavy (non-hydrogen) atoms. The van der Waals surface area contributed by atoms with Crippen molar-refractivity contribution >= 4 is 5.69 Å². The molecule has 2 heterocycles. The number of anilines is 1. The first-order valence-electron chi connectivity index (χ1n) is 9.80. The lowest BCUT2D eigenvalue weighted by molar-refractivity contribution is 0.145. The van der Waals surface area contributed by atoms with Gasteiger partial charge in [0.25, 0.3) is 0 Å². The second-order valence-electron chi connectivity index (χ2n) is 8.09. The van der Waals surface area contributed by atoms with Crippen LogP contribution >= 0.6 is 0 Å². The number of nitrogens with zero attached hydrogens (tertiary/aromatic N) is 2. The van der Waals surface area contributed by atoms with Crippen molar-refractivity contribution in [2.45, 2.75) is 69.8 Å². The lowest BCUT2D eigenvalue weighted by Gasteiger charge is -2.31. The SMILES string of the molecule is CC1CC(NCc2ccc(N3CCC(O)CC3)c(F)c2)CN1C1CC1. The minimum absolute atomic E-state index is 0.143. The van der Waals surface area contributed by atoms with Gasteiger partial charge in [0.05, 0.1) is 11.8 Å². The summed E-state index contributed by atoms with van der Waals surface area (Å²) in [5.74, 6) is -0.143. The Morgan fingerprint density at radius 1 is 1.20 bits per heavy atom. The Labute approximate surface area is 150 Å². The Kier molecular flexibility index (Phi) is 4.98. The maximum absolute atomic E-state index is 14.5. The Morgan fingerprint density at radius 3 is 2.64 bits per heavy atom. The number of nitrogens with one attached hydrogen (secondary N) is 1. The fraction of sp³-hybridized carbons (Fsp3) is 0.700. The zero-order chi connectivity index (χ0) is 17.4. The number of piperidine rings is 1. The maximum atomic E-state index is 14.5. The largest absolute Gasteiger partial charge is 0.393 e. The van der Waals surface area contributed by atoms with Gasteiger partial charge in [-0.15, -0.1) is 0 Å². The molecule has 138 valence electrons.